The first kappa shape index (κ1) is 21.8. The molecule has 0 aliphatic carbocycles. The second-order valence-corrected chi connectivity index (χ2v) is 8.53. The van der Waals surface area contributed by atoms with Crippen molar-refractivity contribution < 1.29 is 18.7 Å². The molecule has 1 aromatic heterocycles. The van der Waals surface area contributed by atoms with E-state index in [1.165, 1.54) is 11.1 Å². The topological polar surface area (TPSA) is 51.9 Å². The predicted molar refractivity (Wildman–Crippen MR) is 134 cm³/mol. The van der Waals surface area contributed by atoms with Crippen LogP contribution in [0, 0.1) is 0 Å². The molecule has 1 aliphatic heterocycles. The fourth-order valence-corrected chi connectivity index (χ4v) is 4.56. The zero-order valence-corrected chi connectivity index (χ0v) is 19.6. The lowest BCUT2D eigenvalue weighted by Gasteiger charge is -2.28. The minimum atomic E-state index is 0.0109. The van der Waals surface area contributed by atoms with Crippen LogP contribution in [0.5, 0.6) is 11.5 Å². The third-order valence-corrected chi connectivity index (χ3v) is 6.50. The fourth-order valence-electron chi connectivity index (χ4n) is 4.56. The van der Waals surface area contributed by atoms with Gasteiger partial charge >= 0.3 is 0 Å². The van der Waals surface area contributed by atoms with Gasteiger partial charge in [-0.3, -0.25) is 4.79 Å². The van der Waals surface area contributed by atoms with Crippen LogP contribution in [0.15, 0.2) is 77.4 Å². The Hall–Kier alpha value is -3.99. The van der Waals surface area contributed by atoms with Crippen molar-refractivity contribution in [3.63, 3.8) is 0 Å². The number of ether oxygens (including phenoxy) is 2. The summed E-state index contributed by atoms with van der Waals surface area (Å²) < 4.78 is 16.8. The van der Waals surface area contributed by atoms with Crippen LogP contribution in [0.2, 0.25) is 0 Å². The Bertz CT molecular complexity index is 1380. The third-order valence-electron chi connectivity index (χ3n) is 6.50. The molecule has 0 radical (unpaired) electrons. The monoisotopic (exact) mass is 453 g/mol. The number of carbonyl (C=O) groups is 1. The number of allylic oxidation sites excluding steroid dienone is 1. The average Bonchev–Trinajstić information content (AvgIpc) is 3.30. The number of hydrogen-bond acceptors (Lipinski definition) is 4. The maximum absolute atomic E-state index is 13.1. The highest BCUT2D eigenvalue weighted by Gasteiger charge is 2.20. The molecule has 0 spiro atoms. The zero-order valence-electron chi connectivity index (χ0n) is 19.6. The van der Waals surface area contributed by atoms with Gasteiger partial charge in [0.15, 0.2) is 0 Å². The maximum Gasteiger partial charge on any atom is 0.247 e. The van der Waals surface area contributed by atoms with Gasteiger partial charge in [0.2, 0.25) is 5.91 Å². The summed E-state index contributed by atoms with van der Waals surface area (Å²) in [6.45, 7) is 3.31. The van der Waals surface area contributed by atoms with Gasteiger partial charge in [0.05, 0.1) is 20.5 Å². The second kappa shape index (κ2) is 9.10. The SMILES string of the molecule is COc1ccc(-c2coc3cc(OC)c(/C(C)=C/C(=O)N4CCc5ccccc5C4)cc23)cc1. The minimum Gasteiger partial charge on any atom is -0.497 e. The van der Waals surface area contributed by atoms with Gasteiger partial charge in [-0.1, -0.05) is 36.4 Å². The van der Waals surface area contributed by atoms with Gasteiger partial charge in [0.25, 0.3) is 0 Å². The molecule has 0 unspecified atom stereocenters. The number of furan rings is 1. The molecule has 4 aromatic rings. The van der Waals surface area contributed by atoms with Crippen LogP contribution in [0.3, 0.4) is 0 Å². The van der Waals surface area contributed by atoms with Crippen LogP contribution >= 0.6 is 0 Å². The van der Waals surface area contributed by atoms with E-state index in [9.17, 15) is 4.79 Å². The van der Waals surface area contributed by atoms with Crippen LogP contribution in [-0.4, -0.2) is 31.6 Å². The smallest absolute Gasteiger partial charge is 0.247 e. The summed E-state index contributed by atoms with van der Waals surface area (Å²) in [6.07, 6.45) is 4.35. The molecule has 0 atom stereocenters. The summed E-state index contributed by atoms with van der Waals surface area (Å²) in [5.41, 5.74) is 7.01. The van der Waals surface area contributed by atoms with E-state index in [4.69, 9.17) is 13.9 Å². The van der Waals surface area contributed by atoms with Crippen molar-refractivity contribution in [2.75, 3.05) is 20.8 Å². The molecule has 0 fully saturated rings. The van der Waals surface area contributed by atoms with E-state index in [0.29, 0.717) is 12.3 Å². The quantitative estimate of drug-likeness (QED) is 0.342. The van der Waals surface area contributed by atoms with Gasteiger partial charge in [-0.2, -0.15) is 0 Å². The number of methoxy groups -OCH3 is 2. The lowest BCUT2D eigenvalue weighted by molar-refractivity contribution is -0.126. The van der Waals surface area contributed by atoms with Gasteiger partial charge in [0.1, 0.15) is 17.1 Å². The van der Waals surface area contributed by atoms with Crippen molar-refractivity contribution in [2.45, 2.75) is 19.9 Å². The van der Waals surface area contributed by atoms with Gasteiger partial charge in [-0.25, -0.2) is 0 Å². The number of benzene rings is 3. The van der Waals surface area contributed by atoms with Crippen LogP contribution in [0.25, 0.3) is 27.7 Å². The summed E-state index contributed by atoms with van der Waals surface area (Å²) in [5.74, 6) is 1.49. The second-order valence-electron chi connectivity index (χ2n) is 8.53. The molecular weight excluding hydrogens is 426 g/mol. The lowest BCUT2D eigenvalue weighted by Crippen LogP contribution is -2.34. The van der Waals surface area contributed by atoms with E-state index < -0.39 is 0 Å². The van der Waals surface area contributed by atoms with Crippen LogP contribution in [0.1, 0.15) is 23.6 Å². The molecule has 5 rings (SSSR count). The summed E-state index contributed by atoms with van der Waals surface area (Å²) in [6, 6.07) is 20.1. The first-order valence-corrected chi connectivity index (χ1v) is 11.4. The predicted octanol–water partition coefficient (Wildman–Crippen LogP) is 6.11. The minimum absolute atomic E-state index is 0.0109. The Labute approximate surface area is 199 Å². The molecule has 5 heteroatoms. The normalized spacial score (nSPS) is 13.6. The first-order valence-electron chi connectivity index (χ1n) is 11.4. The summed E-state index contributed by atoms with van der Waals surface area (Å²) in [7, 11) is 3.29. The molecule has 0 saturated heterocycles. The molecule has 0 bridgehead atoms. The summed E-state index contributed by atoms with van der Waals surface area (Å²) in [5, 5.41) is 0.966. The highest BCUT2D eigenvalue weighted by molar-refractivity contribution is 6.00. The molecular formula is C29H27NO4. The Morgan fingerprint density at radius 2 is 1.76 bits per heavy atom. The van der Waals surface area contributed by atoms with Crippen LogP contribution in [0.4, 0.5) is 0 Å². The van der Waals surface area contributed by atoms with Crippen molar-refractivity contribution in [1.82, 2.24) is 4.90 Å². The lowest BCUT2D eigenvalue weighted by atomic mass is 9.98. The Morgan fingerprint density at radius 1 is 1.00 bits per heavy atom. The molecule has 172 valence electrons. The number of hydrogen-bond donors (Lipinski definition) is 0. The molecule has 5 nitrogen and oxygen atoms in total. The van der Waals surface area contributed by atoms with E-state index in [0.717, 1.165) is 51.9 Å². The zero-order chi connectivity index (χ0) is 23.7. The molecule has 2 heterocycles. The highest BCUT2D eigenvalue weighted by atomic mass is 16.5. The van der Waals surface area contributed by atoms with Crippen LogP contribution < -0.4 is 9.47 Å². The average molecular weight is 454 g/mol. The van der Waals surface area contributed by atoms with E-state index in [2.05, 4.69) is 18.2 Å². The Morgan fingerprint density at radius 3 is 2.50 bits per heavy atom. The first-order chi connectivity index (χ1) is 16.6. The van der Waals surface area contributed by atoms with Crippen molar-refractivity contribution in [3.8, 4) is 22.6 Å². The third kappa shape index (κ3) is 4.05. The number of rotatable bonds is 5. The number of nitrogens with zero attached hydrogens (tertiary/aromatic N) is 1. The van der Waals surface area contributed by atoms with Crippen molar-refractivity contribution in [1.29, 1.82) is 0 Å². The van der Waals surface area contributed by atoms with Crippen molar-refractivity contribution in [3.05, 3.63) is 89.7 Å². The van der Waals surface area contributed by atoms with Gasteiger partial charge < -0.3 is 18.8 Å². The van der Waals surface area contributed by atoms with Gasteiger partial charge in [-0.15, -0.1) is 0 Å². The number of carbonyl (C=O) groups excluding carboxylic acids is 1. The largest absolute Gasteiger partial charge is 0.497 e. The van der Waals surface area contributed by atoms with Crippen LogP contribution in [-0.2, 0) is 17.8 Å². The highest BCUT2D eigenvalue weighted by Crippen LogP contribution is 2.38. The maximum atomic E-state index is 13.1. The van der Waals surface area contributed by atoms with E-state index in [1.807, 2.05) is 54.3 Å². The summed E-state index contributed by atoms with van der Waals surface area (Å²) in [4.78, 5) is 15.0. The van der Waals surface area contributed by atoms with E-state index in [1.54, 1.807) is 26.6 Å². The van der Waals surface area contributed by atoms with E-state index in [-0.39, 0.29) is 5.91 Å². The molecule has 0 N–H and O–H groups in total. The number of amides is 1. The molecule has 1 aliphatic rings. The van der Waals surface area contributed by atoms with Crippen molar-refractivity contribution >= 4 is 22.4 Å². The fraction of sp³-hybridized carbons (Fsp3) is 0.207. The standard InChI is InChI=1S/C29H27NO4/c1-19(14-29(31)30-13-12-20-6-4-5-7-22(20)17-30)24-15-25-26(18-34-28(25)16-27(24)33-3)21-8-10-23(32-2)11-9-21/h4-11,14-16,18H,12-13,17H2,1-3H3/b19-14+. The number of fused-ring (bicyclic) bond motifs is 2. The molecule has 0 saturated carbocycles. The Balaban J connectivity index is 1.48. The Kier molecular flexibility index (Phi) is 5.84. The molecule has 1 amide bonds. The molecule has 3 aromatic carbocycles. The van der Waals surface area contributed by atoms with E-state index >= 15 is 0 Å². The summed E-state index contributed by atoms with van der Waals surface area (Å²) >= 11 is 0. The van der Waals surface area contributed by atoms with Crippen molar-refractivity contribution in [2.24, 2.45) is 0 Å². The van der Waals surface area contributed by atoms with Gasteiger partial charge in [0, 0.05) is 41.7 Å². The van der Waals surface area contributed by atoms with Gasteiger partial charge in [-0.05, 0) is 53.8 Å². The molecule has 34 heavy (non-hydrogen) atoms.